The summed E-state index contributed by atoms with van der Waals surface area (Å²) in [5, 5.41) is 13.8. The van der Waals surface area contributed by atoms with E-state index in [9.17, 15) is 19.6 Å². The molecule has 1 amide bonds. The summed E-state index contributed by atoms with van der Waals surface area (Å²) in [5.74, 6) is -2.80. The monoisotopic (exact) mass is 385 g/mol. The molecule has 2 aromatic rings. The zero-order valence-electron chi connectivity index (χ0n) is 15.2. The Balaban J connectivity index is 1.89. The first-order valence-corrected chi connectivity index (χ1v) is 9.08. The molecular weight excluding hydrogens is 366 g/mol. The van der Waals surface area contributed by atoms with Crippen LogP contribution in [-0.4, -0.2) is 35.3 Å². The fourth-order valence-corrected chi connectivity index (χ4v) is 3.11. The Labute approximate surface area is 161 Å². The number of ketones is 1. The number of nitrogens with zero attached hydrogens (tertiary/aromatic N) is 2. The van der Waals surface area contributed by atoms with E-state index in [4.69, 9.17) is 4.74 Å². The Hall–Kier alpha value is -3.05. The zero-order chi connectivity index (χ0) is 20.0. The highest BCUT2D eigenvalue weighted by atomic mass is 32.1. The Morgan fingerprint density at radius 2 is 2.07 bits per heavy atom. The molecule has 1 heterocycles. The van der Waals surface area contributed by atoms with Gasteiger partial charge in [-0.3, -0.25) is 9.59 Å². The minimum Gasteiger partial charge on any atom is -0.456 e. The number of esters is 1. The number of carbonyl (C=O) groups excluding carboxylic acids is 3. The number of benzene rings is 1. The third kappa shape index (κ3) is 5.46. The van der Waals surface area contributed by atoms with Crippen molar-refractivity contribution < 1.29 is 19.1 Å². The maximum atomic E-state index is 12.2. The van der Waals surface area contributed by atoms with Gasteiger partial charge in [0.2, 0.25) is 0 Å². The summed E-state index contributed by atoms with van der Waals surface area (Å²) >= 11 is 1.21. The second-order valence-electron chi connectivity index (χ2n) is 6.03. The molecule has 27 heavy (non-hydrogen) atoms. The van der Waals surface area contributed by atoms with E-state index in [0.29, 0.717) is 16.3 Å². The molecule has 8 heteroatoms. The van der Waals surface area contributed by atoms with Gasteiger partial charge >= 0.3 is 5.97 Å². The second-order valence-corrected chi connectivity index (χ2v) is 6.92. The molecule has 0 spiro atoms. The van der Waals surface area contributed by atoms with Crippen LogP contribution in [0, 0.1) is 25.2 Å². The number of rotatable bonds is 7. The van der Waals surface area contributed by atoms with Crippen molar-refractivity contribution in [3.05, 3.63) is 51.5 Å². The van der Waals surface area contributed by atoms with E-state index in [0.717, 1.165) is 5.56 Å². The molecule has 0 aliphatic heterocycles. The van der Waals surface area contributed by atoms with Crippen LogP contribution >= 0.6 is 11.3 Å². The number of nitrogens with one attached hydrogen (secondary N) is 1. The Bertz CT molecular complexity index is 900. The van der Waals surface area contributed by atoms with E-state index in [1.54, 1.807) is 30.5 Å². The van der Waals surface area contributed by atoms with Gasteiger partial charge in [0.1, 0.15) is 11.0 Å². The summed E-state index contributed by atoms with van der Waals surface area (Å²) in [6.07, 6.45) is 0. The standard InChI is InChI=1S/C19H19N3O4S/c1-11-5-4-6-14(7-11)17(24)22-13(3)19(25)26-9-16(23)15(8-20)18-21-12(2)10-27-18/h4-7,10,13,15H,9H2,1-3H3,(H,22,24)/t13-,15+/m0/s1. The maximum Gasteiger partial charge on any atom is 0.328 e. The second kappa shape index (κ2) is 9.05. The zero-order valence-corrected chi connectivity index (χ0v) is 16.0. The third-order valence-electron chi connectivity index (χ3n) is 3.67. The number of Topliss-reactive ketones (excluding diaryl/α,β-unsaturated/α-hetero) is 1. The van der Waals surface area contributed by atoms with Crippen LogP contribution in [-0.2, 0) is 14.3 Å². The van der Waals surface area contributed by atoms with Crippen LogP contribution in [0.1, 0.15) is 39.5 Å². The van der Waals surface area contributed by atoms with Crippen molar-refractivity contribution in [3.8, 4) is 6.07 Å². The van der Waals surface area contributed by atoms with Gasteiger partial charge < -0.3 is 10.1 Å². The number of aryl methyl sites for hydroxylation is 2. The average Bonchev–Trinajstić information content (AvgIpc) is 3.06. The molecule has 0 aliphatic rings. The first-order valence-electron chi connectivity index (χ1n) is 8.20. The molecule has 2 rings (SSSR count). The summed E-state index contributed by atoms with van der Waals surface area (Å²) < 4.78 is 4.96. The van der Waals surface area contributed by atoms with Crippen LogP contribution in [0.3, 0.4) is 0 Å². The van der Waals surface area contributed by atoms with Crippen molar-refractivity contribution in [2.45, 2.75) is 32.7 Å². The number of hydrogen-bond acceptors (Lipinski definition) is 7. The van der Waals surface area contributed by atoms with Gasteiger partial charge in [0.05, 0.1) is 6.07 Å². The molecule has 1 aromatic heterocycles. The molecule has 2 atom stereocenters. The molecular formula is C19H19N3O4S. The van der Waals surface area contributed by atoms with E-state index in [1.165, 1.54) is 18.3 Å². The van der Waals surface area contributed by atoms with Crippen molar-refractivity contribution in [1.82, 2.24) is 10.3 Å². The number of thiazole rings is 1. The predicted octanol–water partition coefficient (Wildman–Crippen LogP) is 2.30. The third-order valence-corrected chi connectivity index (χ3v) is 4.70. The number of aromatic nitrogens is 1. The number of carbonyl (C=O) groups is 3. The van der Waals surface area contributed by atoms with Crippen LogP contribution in [0.25, 0.3) is 0 Å². The van der Waals surface area contributed by atoms with E-state index in [1.807, 2.05) is 19.1 Å². The van der Waals surface area contributed by atoms with Gasteiger partial charge in [-0.05, 0) is 32.9 Å². The summed E-state index contributed by atoms with van der Waals surface area (Å²) in [4.78, 5) is 40.5. The van der Waals surface area contributed by atoms with E-state index in [2.05, 4.69) is 10.3 Å². The van der Waals surface area contributed by atoms with Gasteiger partial charge in [-0.1, -0.05) is 17.7 Å². The van der Waals surface area contributed by atoms with Crippen molar-refractivity contribution in [3.63, 3.8) is 0 Å². The summed E-state index contributed by atoms with van der Waals surface area (Å²) in [6.45, 7) is 4.53. The van der Waals surface area contributed by atoms with Crippen molar-refractivity contribution >= 4 is 29.0 Å². The Morgan fingerprint density at radius 1 is 1.33 bits per heavy atom. The highest BCUT2D eigenvalue weighted by molar-refractivity contribution is 7.09. The topological polar surface area (TPSA) is 109 Å². The van der Waals surface area contributed by atoms with E-state index >= 15 is 0 Å². The Kier molecular flexibility index (Phi) is 6.79. The lowest BCUT2D eigenvalue weighted by Crippen LogP contribution is -2.40. The minimum absolute atomic E-state index is 0.372. The molecule has 0 unspecified atom stereocenters. The first kappa shape index (κ1) is 20.3. The molecule has 1 aromatic carbocycles. The van der Waals surface area contributed by atoms with Crippen LogP contribution in [0.4, 0.5) is 0 Å². The first-order chi connectivity index (χ1) is 12.8. The van der Waals surface area contributed by atoms with Crippen LogP contribution in [0.5, 0.6) is 0 Å². The van der Waals surface area contributed by atoms with Crippen molar-refractivity contribution in [2.24, 2.45) is 0 Å². The van der Waals surface area contributed by atoms with Gasteiger partial charge in [0.25, 0.3) is 5.91 Å². The van der Waals surface area contributed by atoms with Crippen molar-refractivity contribution in [1.29, 1.82) is 5.26 Å². The van der Waals surface area contributed by atoms with Crippen LogP contribution in [0.2, 0.25) is 0 Å². The van der Waals surface area contributed by atoms with E-state index in [-0.39, 0.29) is 0 Å². The molecule has 0 radical (unpaired) electrons. The minimum atomic E-state index is -1.08. The van der Waals surface area contributed by atoms with Gasteiger partial charge in [-0.15, -0.1) is 11.3 Å². The lowest BCUT2D eigenvalue weighted by atomic mass is 10.1. The van der Waals surface area contributed by atoms with Gasteiger partial charge in [-0.2, -0.15) is 5.26 Å². The fourth-order valence-electron chi connectivity index (χ4n) is 2.25. The smallest absolute Gasteiger partial charge is 0.328 e. The number of nitriles is 1. The van der Waals surface area contributed by atoms with Crippen LogP contribution in [0.15, 0.2) is 29.6 Å². The fraction of sp³-hybridized carbons (Fsp3) is 0.316. The number of hydrogen-bond donors (Lipinski definition) is 1. The van der Waals surface area contributed by atoms with Gasteiger partial charge in [-0.25, -0.2) is 9.78 Å². The quantitative estimate of drug-likeness (QED) is 0.733. The maximum absolute atomic E-state index is 12.2. The largest absolute Gasteiger partial charge is 0.456 e. The Morgan fingerprint density at radius 3 is 2.67 bits per heavy atom. The summed E-state index contributed by atoms with van der Waals surface area (Å²) in [5.41, 5.74) is 2.06. The number of ether oxygens (including phenoxy) is 1. The molecule has 0 aliphatic carbocycles. The average molecular weight is 385 g/mol. The van der Waals surface area contributed by atoms with Gasteiger partial charge in [0.15, 0.2) is 18.3 Å². The summed E-state index contributed by atoms with van der Waals surface area (Å²) in [7, 11) is 0. The SMILES string of the molecule is Cc1cccc(C(=O)N[C@@H](C)C(=O)OCC(=O)[C@@H](C#N)c2nc(C)cs2)c1. The van der Waals surface area contributed by atoms with Crippen molar-refractivity contribution in [2.75, 3.05) is 6.61 Å². The van der Waals surface area contributed by atoms with E-state index < -0.39 is 36.2 Å². The molecule has 0 fully saturated rings. The molecule has 0 saturated carbocycles. The van der Waals surface area contributed by atoms with Crippen LogP contribution < -0.4 is 5.32 Å². The predicted molar refractivity (Wildman–Crippen MR) is 99.3 cm³/mol. The molecule has 0 bridgehead atoms. The number of amides is 1. The lowest BCUT2D eigenvalue weighted by Gasteiger charge is -2.14. The highest BCUT2D eigenvalue weighted by Crippen LogP contribution is 2.20. The normalized spacial score (nSPS) is 12.5. The van der Waals surface area contributed by atoms with Gasteiger partial charge in [0, 0.05) is 16.6 Å². The lowest BCUT2D eigenvalue weighted by molar-refractivity contribution is -0.149. The molecule has 0 saturated heterocycles. The molecule has 140 valence electrons. The molecule has 7 nitrogen and oxygen atoms in total. The summed E-state index contributed by atoms with van der Waals surface area (Å²) in [6, 6.07) is 7.88. The molecule has 1 N–H and O–H groups in total. The highest BCUT2D eigenvalue weighted by Gasteiger charge is 2.26.